The number of halogens is 2. The summed E-state index contributed by atoms with van der Waals surface area (Å²) in [6, 6.07) is 0.0812. The Balaban J connectivity index is 2.88. The van der Waals surface area contributed by atoms with Gasteiger partial charge in [0.15, 0.2) is 0 Å². The van der Waals surface area contributed by atoms with E-state index in [-0.39, 0.29) is 24.1 Å². The summed E-state index contributed by atoms with van der Waals surface area (Å²) < 4.78 is 25.5. The molecule has 1 aliphatic carbocycles. The van der Waals surface area contributed by atoms with Crippen molar-refractivity contribution in [2.24, 2.45) is 11.3 Å². The fourth-order valence-corrected chi connectivity index (χ4v) is 3.38. The van der Waals surface area contributed by atoms with Gasteiger partial charge in [0, 0.05) is 6.04 Å². The molecule has 0 aromatic heterocycles. The van der Waals surface area contributed by atoms with E-state index in [0.717, 1.165) is 19.3 Å². The Morgan fingerprint density at radius 1 is 1.26 bits per heavy atom. The number of rotatable bonds is 6. The van der Waals surface area contributed by atoms with Crippen molar-refractivity contribution in [1.29, 1.82) is 0 Å². The summed E-state index contributed by atoms with van der Waals surface area (Å²) in [5.74, 6) is 0.389. The van der Waals surface area contributed by atoms with Crippen molar-refractivity contribution in [3.05, 3.63) is 0 Å². The second-order valence-electron chi connectivity index (χ2n) is 6.46. The molecule has 1 saturated carbocycles. The van der Waals surface area contributed by atoms with E-state index in [1.807, 2.05) is 11.8 Å². The summed E-state index contributed by atoms with van der Waals surface area (Å²) >= 11 is 0. The van der Waals surface area contributed by atoms with Gasteiger partial charge in [0.25, 0.3) is 6.43 Å². The fraction of sp³-hybridized carbons (Fsp3) is 1.00. The molecule has 0 spiro atoms. The minimum Gasteiger partial charge on any atom is -0.393 e. The molecule has 4 heteroatoms. The molecule has 3 atom stereocenters. The number of alkyl halides is 2. The van der Waals surface area contributed by atoms with Gasteiger partial charge >= 0.3 is 0 Å². The molecule has 0 saturated heterocycles. The monoisotopic (exact) mass is 277 g/mol. The zero-order valence-corrected chi connectivity index (χ0v) is 12.7. The van der Waals surface area contributed by atoms with Gasteiger partial charge in [-0.25, -0.2) is 8.78 Å². The Morgan fingerprint density at radius 2 is 1.89 bits per heavy atom. The zero-order chi connectivity index (χ0) is 14.6. The van der Waals surface area contributed by atoms with Crippen molar-refractivity contribution in [3.8, 4) is 0 Å². The molecular weight excluding hydrogens is 248 g/mol. The molecule has 1 fully saturated rings. The van der Waals surface area contributed by atoms with E-state index in [1.54, 1.807) is 0 Å². The SMILES string of the molecule is CCN(CC(F)F)C1CC(O)CCC1C(C)(C)CC. The number of nitrogens with zero attached hydrogens (tertiary/aromatic N) is 1. The van der Waals surface area contributed by atoms with Gasteiger partial charge in [0.05, 0.1) is 12.6 Å². The molecule has 114 valence electrons. The van der Waals surface area contributed by atoms with Crippen LogP contribution in [0.5, 0.6) is 0 Å². The Hall–Kier alpha value is -0.220. The van der Waals surface area contributed by atoms with Gasteiger partial charge in [-0.05, 0) is 37.1 Å². The van der Waals surface area contributed by atoms with Gasteiger partial charge in [0.2, 0.25) is 0 Å². The van der Waals surface area contributed by atoms with Gasteiger partial charge < -0.3 is 5.11 Å². The fourth-order valence-electron chi connectivity index (χ4n) is 3.38. The molecule has 0 aromatic carbocycles. The summed E-state index contributed by atoms with van der Waals surface area (Å²) in [5, 5.41) is 9.90. The van der Waals surface area contributed by atoms with Crippen LogP contribution < -0.4 is 0 Å². The topological polar surface area (TPSA) is 23.5 Å². The van der Waals surface area contributed by atoms with E-state index >= 15 is 0 Å². The lowest BCUT2D eigenvalue weighted by Crippen LogP contribution is -2.51. The smallest absolute Gasteiger partial charge is 0.251 e. The maximum Gasteiger partial charge on any atom is 0.251 e. The van der Waals surface area contributed by atoms with Crippen LogP contribution in [-0.4, -0.2) is 41.7 Å². The average Bonchev–Trinajstić information content (AvgIpc) is 2.35. The summed E-state index contributed by atoms with van der Waals surface area (Å²) in [4.78, 5) is 1.87. The van der Waals surface area contributed by atoms with Gasteiger partial charge in [0.1, 0.15) is 0 Å². The first-order valence-corrected chi connectivity index (χ1v) is 7.52. The van der Waals surface area contributed by atoms with E-state index in [4.69, 9.17) is 0 Å². The number of aliphatic hydroxyl groups excluding tert-OH is 1. The summed E-state index contributed by atoms with van der Waals surface area (Å²) in [6.07, 6.45) is 0.777. The first-order valence-electron chi connectivity index (χ1n) is 7.52. The quantitative estimate of drug-likeness (QED) is 0.802. The van der Waals surface area contributed by atoms with Crippen molar-refractivity contribution in [1.82, 2.24) is 4.90 Å². The van der Waals surface area contributed by atoms with Crippen LogP contribution in [0.2, 0.25) is 0 Å². The average molecular weight is 277 g/mol. The van der Waals surface area contributed by atoms with Crippen LogP contribution in [0.25, 0.3) is 0 Å². The van der Waals surface area contributed by atoms with E-state index in [2.05, 4.69) is 20.8 Å². The van der Waals surface area contributed by atoms with Crippen molar-refractivity contribution in [3.63, 3.8) is 0 Å². The van der Waals surface area contributed by atoms with E-state index < -0.39 is 6.43 Å². The lowest BCUT2D eigenvalue weighted by atomic mass is 9.66. The molecule has 0 heterocycles. The minimum atomic E-state index is -2.30. The Morgan fingerprint density at radius 3 is 2.37 bits per heavy atom. The third kappa shape index (κ3) is 4.38. The molecule has 2 nitrogen and oxygen atoms in total. The van der Waals surface area contributed by atoms with Crippen molar-refractivity contribution < 1.29 is 13.9 Å². The van der Waals surface area contributed by atoms with Crippen LogP contribution in [0.3, 0.4) is 0 Å². The van der Waals surface area contributed by atoms with Crippen LogP contribution in [0.1, 0.15) is 53.4 Å². The summed E-state index contributed by atoms with van der Waals surface area (Å²) in [6.45, 7) is 8.98. The third-order valence-corrected chi connectivity index (χ3v) is 4.95. The Labute approximate surface area is 116 Å². The highest BCUT2D eigenvalue weighted by atomic mass is 19.3. The maximum absolute atomic E-state index is 12.7. The summed E-state index contributed by atoms with van der Waals surface area (Å²) in [5.41, 5.74) is 0.139. The van der Waals surface area contributed by atoms with Crippen LogP contribution in [0.15, 0.2) is 0 Å². The molecule has 1 rings (SSSR count). The molecule has 0 aromatic rings. The second-order valence-corrected chi connectivity index (χ2v) is 6.46. The summed E-state index contributed by atoms with van der Waals surface area (Å²) in [7, 11) is 0. The second kappa shape index (κ2) is 6.98. The molecule has 1 aliphatic rings. The highest BCUT2D eigenvalue weighted by molar-refractivity contribution is 4.93. The maximum atomic E-state index is 12.7. The molecule has 19 heavy (non-hydrogen) atoms. The molecule has 0 radical (unpaired) electrons. The van der Waals surface area contributed by atoms with Crippen LogP contribution in [-0.2, 0) is 0 Å². The molecule has 1 N–H and O–H groups in total. The molecule has 3 unspecified atom stereocenters. The normalized spacial score (nSPS) is 29.2. The lowest BCUT2D eigenvalue weighted by Gasteiger charge is -2.48. The standard InChI is InChI=1S/C15H29F2NO/c1-5-15(3,4)12-8-7-11(19)9-13(12)18(6-2)10-14(16)17/h11-14,19H,5-10H2,1-4H3. The van der Waals surface area contributed by atoms with Crippen LogP contribution in [0, 0.1) is 11.3 Å². The van der Waals surface area contributed by atoms with Crippen LogP contribution >= 0.6 is 0 Å². The van der Waals surface area contributed by atoms with Gasteiger partial charge in [-0.1, -0.05) is 34.1 Å². The zero-order valence-electron chi connectivity index (χ0n) is 12.7. The minimum absolute atomic E-state index is 0.0812. The van der Waals surface area contributed by atoms with E-state index in [0.29, 0.717) is 18.9 Å². The number of hydrogen-bond acceptors (Lipinski definition) is 2. The van der Waals surface area contributed by atoms with Gasteiger partial charge in [-0.15, -0.1) is 0 Å². The van der Waals surface area contributed by atoms with Crippen molar-refractivity contribution in [2.75, 3.05) is 13.1 Å². The highest BCUT2D eigenvalue weighted by Crippen LogP contribution is 2.42. The molecule has 0 bridgehead atoms. The third-order valence-electron chi connectivity index (χ3n) is 4.95. The van der Waals surface area contributed by atoms with Crippen molar-refractivity contribution >= 4 is 0 Å². The molecule has 0 amide bonds. The largest absolute Gasteiger partial charge is 0.393 e. The number of aliphatic hydroxyl groups is 1. The Kier molecular flexibility index (Phi) is 6.18. The first-order chi connectivity index (χ1) is 8.81. The van der Waals surface area contributed by atoms with E-state index in [9.17, 15) is 13.9 Å². The molecule has 0 aliphatic heterocycles. The van der Waals surface area contributed by atoms with Crippen molar-refractivity contribution in [2.45, 2.75) is 71.9 Å². The lowest BCUT2D eigenvalue weighted by molar-refractivity contribution is -0.0350. The first kappa shape index (κ1) is 16.8. The highest BCUT2D eigenvalue weighted by Gasteiger charge is 2.41. The van der Waals surface area contributed by atoms with Crippen LogP contribution in [0.4, 0.5) is 8.78 Å². The van der Waals surface area contributed by atoms with Gasteiger partial charge in [-0.2, -0.15) is 0 Å². The predicted octanol–water partition coefficient (Wildman–Crippen LogP) is 3.54. The number of hydrogen-bond donors (Lipinski definition) is 1. The molecular formula is C15H29F2NO. The van der Waals surface area contributed by atoms with Gasteiger partial charge in [-0.3, -0.25) is 4.90 Å². The Bertz CT molecular complexity index is 271. The van der Waals surface area contributed by atoms with E-state index in [1.165, 1.54) is 0 Å². The predicted molar refractivity (Wildman–Crippen MR) is 74.5 cm³/mol.